The molecule has 1 saturated heterocycles. The number of carbonyl (C=O) groups excluding carboxylic acids is 1. The largest absolute Gasteiger partial charge is 0.450 e. The van der Waals surface area contributed by atoms with Crippen molar-refractivity contribution in [1.82, 2.24) is 10.2 Å². The van der Waals surface area contributed by atoms with Crippen LogP contribution >= 0.6 is 24.0 Å². The Bertz CT molecular complexity index is 632. The third-order valence-electron chi connectivity index (χ3n) is 4.40. The van der Waals surface area contributed by atoms with Gasteiger partial charge in [-0.25, -0.2) is 9.18 Å². The number of carbonyl (C=O) groups is 1. The zero-order valence-corrected chi connectivity index (χ0v) is 18.0. The molecular weight excluding hydrogens is 466 g/mol. The zero-order valence-electron chi connectivity index (χ0n) is 15.7. The number of hydrogen-bond donors (Lipinski definition) is 3. The highest BCUT2D eigenvalue weighted by Gasteiger charge is 2.25. The molecule has 1 unspecified atom stereocenters. The van der Waals surface area contributed by atoms with Crippen molar-refractivity contribution >= 4 is 36.0 Å². The molecule has 0 radical (unpaired) electrons. The molecule has 9 heteroatoms. The summed E-state index contributed by atoms with van der Waals surface area (Å²) in [5.41, 5.74) is 5.24. The molecule has 1 fully saturated rings. The molecule has 0 aromatic heterocycles. The molecule has 152 valence electrons. The second-order valence-corrected chi connectivity index (χ2v) is 6.59. The molecular formula is C18H28FIN4O3. The SMILES string of the molecule is CCOC(=O)N1CCC(NC(N)=NCC(C)(O)c2ccc(F)cc2)CC1.I. The van der Waals surface area contributed by atoms with E-state index in [0.29, 0.717) is 25.3 Å². The van der Waals surface area contributed by atoms with Gasteiger partial charge < -0.3 is 25.8 Å². The van der Waals surface area contributed by atoms with Crippen LogP contribution in [0.2, 0.25) is 0 Å². The second kappa shape index (κ2) is 10.6. The highest BCUT2D eigenvalue weighted by atomic mass is 127. The summed E-state index contributed by atoms with van der Waals surface area (Å²) in [5, 5.41) is 13.6. The summed E-state index contributed by atoms with van der Waals surface area (Å²) >= 11 is 0. The van der Waals surface area contributed by atoms with Crippen LogP contribution in [0.15, 0.2) is 29.3 Å². The number of nitrogens with two attached hydrogens (primary N) is 1. The van der Waals surface area contributed by atoms with E-state index in [1.807, 2.05) is 0 Å². The number of guanidine groups is 1. The lowest BCUT2D eigenvalue weighted by molar-refractivity contribution is 0.0671. The molecule has 0 aliphatic carbocycles. The van der Waals surface area contributed by atoms with Crippen molar-refractivity contribution in [3.8, 4) is 0 Å². The van der Waals surface area contributed by atoms with E-state index in [-0.39, 0.29) is 54.4 Å². The number of nitrogens with zero attached hydrogens (tertiary/aromatic N) is 2. The maximum absolute atomic E-state index is 13.0. The van der Waals surface area contributed by atoms with E-state index >= 15 is 0 Å². The maximum Gasteiger partial charge on any atom is 0.409 e. The van der Waals surface area contributed by atoms with Crippen LogP contribution in [0.1, 0.15) is 32.3 Å². The average molecular weight is 494 g/mol. The van der Waals surface area contributed by atoms with E-state index in [2.05, 4.69) is 10.3 Å². The summed E-state index contributed by atoms with van der Waals surface area (Å²) < 4.78 is 18.0. The minimum atomic E-state index is -1.24. The Morgan fingerprint density at radius 3 is 2.56 bits per heavy atom. The van der Waals surface area contributed by atoms with Crippen LogP contribution in [-0.4, -0.2) is 54.3 Å². The van der Waals surface area contributed by atoms with Crippen molar-refractivity contribution in [3.05, 3.63) is 35.6 Å². The normalized spacial score (nSPS) is 17.6. The highest BCUT2D eigenvalue weighted by Crippen LogP contribution is 2.21. The molecule has 2 rings (SSSR count). The van der Waals surface area contributed by atoms with Crippen molar-refractivity contribution < 1.29 is 19.0 Å². The third kappa shape index (κ3) is 7.13. The van der Waals surface area contributed by atoms with Crippen LogP contribution in [-0.2, 0) is 10.3 Å². The first-order chi connectivity index (χ1) is 12.3. The van der Waals surface area contributed by atoms with E-state index in [1.165, 1.54) is 24.3 Å². The molecule has 0 saturated carbocycles. The molecule has 1 aliphatic rings. The molecule has 0 bridgehead atoms. The Labute approximate surface area is 176 Å². The van der Waals surface area contributed by atoms with E-state index in [0.717, 1.165) is 12.8 Å². The standard InChI is InChI=1S/C18H27FN4O3.HI/c1-3-26-17(24)23-10-8-15(9-11-23)22-16(20)21-12-18(2,25)13-4-6-14(19)7-5-13;/h4-7,15,25H,3,8-12H2,1-2H3,(H3,20,21,22);1H. The number of amides is 1. The lowest BCUT2D eigenvalue weighted by Gasteiger charge is -2.32. The first-order valence-electron chi connectivity index (χ1n) is 8.78. The fraction of sp³-hybridized carbons (Fsp3) is 0.556. The molecule has 1 aromatic carbocycles. The van der Waals surface area contributed by atoms with Gasteiger partial charge in [-0.2, -0.15) is 0 Å². The fourth-order valence-electron chi connectivity index (χ4n) is 2.82. The minimum absolute atomic E-state index is 0. The number of piperidine rings is 1. The molecule has 1 aliphatic heterocycles. The van der Waals surface area contributed by atoms with Crippen molar-refractivity contribution in [2.75, 3.05) is 26.2 Å². The Balaban J connectivity index is 0.00000364. The fourth-order valence-corrected chi connectivity index (χ4v) is 2.82. The summed E-state index contributed by atoms with van der Waals surface area (Å²) in [6.07, 6.45) is 1.19. The van der Waals surface area contributed by atoms with Gasteiger partial charge in [-0.1, -0.05) is 12.1 Å². The van der Waals surface area contributed by atoms with Crippen LogP contribution < -0.4 is 11.1 Å². The van der Waals surface area contributed by atoms with Gasteiger partial charge in [0.25, 0.3) is 0 Å². The van der Waals surface area contributed by atoms with Crippen LogP contribution in [0.4, 0.5) is 9.18 Å². The third-order valence-corrected chi connectivity index (χ3v) is 4.40. The Kier molecular flexibility index (Phi) is 9.23. The van der Waals surface area contributed by atoms with E-state index < -0.39 is 5.60 Å². The van der Waals surface area contributed by atoms with Gasteiger partial charge >= 0.3 is 6.09 Å². The summed E-state index contributed by atoms with van der Waals surface area (Å²) in [6.45, 7) is 5.00. The maximum atomic E-state index is 13.0. The molecule has 1 aromatic rings. The number of likely N-dealkylation sites (tertiary alicyclic amines) is 1. The highest BCUT2D eigenvalue weighted by molar-refractivity contribution is 14.0. The predicted molar refractivity (Wildman–Crippen MR) is 113 cm³/mol. The van der Waals surface area contributed by atoms with Crippen molar-refractivity contribution in [1.29, 1.82) is 0 Å². The summed E-state index contributed by atoms with van der Waals surface area (Å²) in [4.78, 5) is 17.6. The molecule has 4 N–H and O–H groups in total. The van der Waals surface area contributed by atoms with Gasteiger partial charge in [-0.3, -0.25) is 4.99 Å². The number of aliphatic hydroxyl groups is 1. The monoisotopic (exact) mass is 494 g/mol. The van der Waals surface area contributed by atoms with Crippen molar-refractivity contribution in [2.45, 2.75) is 38.3 Å². The van der Waals surface area contributed by atoms with Crippen molar-refractivity contribution in [2.24, 2.45) is 10.7 Å². The Morgan fingerprint density at radius 1 is 1.41 bits per heavy atom. The summed E-state index contributed by atoms with van der Waals surface area (Å²) in [7, 11) is 0. The summed E-state index contributed by atoms with van der Waals surface area (Å²) in [5.74, 6) is -0.120. The minimum Gasteiger partial charge on any atom is -0.450 e. The summed E-state index contributed by atoms with van der Waals surface area (Å²) in [6, 6.07) is 5.76. The average Bonchev–Trinajstić information content (AvgIpc) is 2.61. The molecule has 1 atom stereocenters. The van der Waals surface area contributed by atoms with Crippen LogP contribution in [0.3, 0.4) is 0 Å². The zero-order chi connectivity index (χ0) is 19.2. The number of hydrogen-bond acceptors (Lipinski definition) is 4. The molecule has 1 amide bonds. The van der Waals surface area contributed by atoms with Gasteiger partial charge in [0, 0.05) is 19.1 Å². The van der Waals surface area contributed by atoms with Gasteiger partial charge in [-0.15, -0.1) is 24.0 Å². The number of nitrogens with one attached hydrogen (secondary N) is 1. The van der Waals surface area contributed by atoms with Gasteiger partial charge in [-0.05, 0) is 44.4 Å². The second-order valence-electron chi connectivity index (χ2n) is 6.59. The van der Waals surface area contributed by atoms with E-state index in [4.69, 9.17) is 10.5 Å². The molecule has 27 heavy (non-hydrogen) atoms. The topological polar surface area (TPSA) is 100 Å². The number of ether oxygens (including phenoxy) is 1. The van der Waals surface area contributed by atoms with Crippen LogP contribution in [0.5, 0.6) is 0 Å². The van der Waals surface area contributed by atoms with Crippen LogP contribution in [0.25, 0.3) is 0 Å². The van der Waals surface area contributed by atoms with Gasteiger partial charge in [0.15, 0.2) is 5.96 Å². The van der Waals surface area contributed by atoms with Gasteiger partial charge in [0.1, 0.15) is 11.4 Å². The lowest BCUT2D eigenvalue weighted by atomic mass is 9.96. The first-order valence-corrected chi connectivity index (χ1v) is 8.78. The molecule has 1 heterocycles. The van der Waals surface area contributed by atoms with E-state index in [1.54, 1.807) is 18.7 Å². The Hall–Kier alpha value is -1.62. The lowest BCUT2D eigenvalue weighted by Crippen LogP contribution is -2.48. The molecule has 0 spiro atoms. The van der Waals surface area contributed by atoms with Crippen molar-refractivity contribution in [3.63, 3.8) is 0 Å². The number of benzene rings is 1. The molecule has 7 nitrogen and oxygen atoms in total. The predicted octanol–water partition coefficient (Wildman–Crippen LogP) is 2.18. The number of aliphatic imine (C=N–C) groups is 1. The number of halogens is 2. The Morgan fingerprint density at radius 2 is 2.00 bits per heavy atom. The van der Waals surface area contributed by atoms with Gasteiger partial charge in [0.2, 0.25) is 0 Å². The number of rotatable bonds is 5. The quantitative estimate of drug-likeness (QED) is 0.331. The van der Waals surface area contributed by atoms with E-state index in [9.17, 15) is 14.3 Å². The van der Waals surface area contributed by atoms with Gasteiger partial charge in [0.05, 0.1) is 13.2 Å². The smallest absolute Gasteiger partial charge is 0.409 e. The first kappa shape index (κ1) is 23.4. The van der Waals surface area contributed by atoms with Crippen LogP contribution in [0, 0.1) is 5.82 Å².